The molecule has 3 fully saturated rings. The van der Waals surface area contributed by atoms with Crippen molar-refractivity contribution in [2.75, 3.05) is 19.5 Å². The molecule has 3 rings (SSSR count). The largest absolute Gasteiger partial charge is 0.385 e. The second kappa shape index (κ2) is 3.09. The Morgan fingerprint density at radius 2 is 1.86 bits per heavy atom. The van der Waals surface area contributed by atoms with Gasteiger partial charge in [-0.1, -0.05) is 0 Å². The van der Waals surface area contributed by atoms with E-state index in [0.717, 1.165) is 32.3 Å². The Balaban J connectivity index is 1.83. The number of hydrogen-bond acceptors (Lipinski definition) is 3. The van der Waals surface area contributed by atoms with Gasteiger partial charge in [-0.15, -0.1) is 0 Å². The van der Waals surface area contributed by atoms with Crippen molar-refractivity contribution in [2.45, 2.75) is 25.7 Å². The van der Waals surface area contributed by atoms with E-state index < -0.39 is 9.05 Å². The summed E-state index contributed by atoms with van der Waals surface area (Å²) < 4.78 is 26.9. The molecule has 3 aliphatic carbocycles. The molecule has 0 saturated heterocycles. The fraction of sp³-hybridized carbons (Fsp3) is 1.00. The highest BCUT2D eigenvalue weighted by Gasteiger charge is 2.67. The molecule has 3 saturated carbocycles. The molecule has 0 amide bonds. The van der Waals surface area contributed by atoms with Crippen molar-refractivity contribution in [1.29, 1.82) is 0 Å². The normalized spacial score (nSPS) is 40.1. The van der Waals surface area contributed by atoms with Gasteiger partial charge in [0.25, 0.3) is 0 Å². The first-order valence-corrected chi connectivity index (χ1v) is 7.28. The maximum absolute atomic E-state index is 10.9. The van der Waals surface area contributed by atoms with E-state index in [1.165, 1.54) is 0 Å². The number of ether oxygens (including phenoxy) is 1. The maximum atomic E-state index is 10.9. The highest BCUT2D eigenvalue weighted by molar-refractivity contribution is 8.13. The molecular weight excluding hydrogens is 224 g/mol. The Bertz CT molecular complexity index is 316. The summed E-state index contributed by atoms with van der Waals surface area (Å²) in [7, 11) is 3.64. The lowest BCUT2D eigenvalue weighted by Gasteiger charge is -2.71. The zero-order valence-corrected chi connectivity index (χ0v) is 9.83. The summed E-state index contributed by atoms with van der Waals surface area (Å²) in [5, 5.41) is 0. The second-order valence-electron chi connectivity index (χ2n) is 4.96. The van der Waals surface area contributed by atoms with Crippen molar-refractivity contribution in [3.05, 3.63) is 0 Å². The van der Waals surface area contributed by atoms with E-state index in [1.807, 2.05) is 0 Å². The molecule has 0 unspecified atom stereocenters. The molecule has 0 radical (unpaired) electrons. The molecule has 0 heterocycles. The molecule has 0 aromatic rings. The lowest BCUT2D eigenvalue weighted by atomic mass is 9.35. The van der Waals surface area contributed by atoms with E-state index in [4.69, 9.17) is 15.4 Å². The topological polar surface area (TPSA) is 43.4 Å². The van der Waals surface area contributed by atoms with Crippen molar-refractivity contribution in [3.63, 3.8) is 0 Å². The zero-order valence-electron chi connectivity index (χ0n) is 8.25. The average molecular weight is 239 g/mol. The molecule has 5 heteroatoms. The Morgan fingerprint density at radius 3 is 2.29 bits per heavy atom. The van der Waals surface area contributed by atoms with E-state index in [2.05, 4.69) is 0 Å². The minimum atomic E-state index is -3.31. The summed E-state index contributed by atoms with van der Waals surface area (Å²) in [6, 6.07) is 0. The number of hydrogen-bond donors (Lipinski definition) is 0. The number of halogens is 1. The fourth-order valence-electron chi connectivity index (χ4n) is 3.33. The summed E-state index contributed by atoms with van der Waals surface area (Å²) in [4.78, 5) is 0. The second-order valence-corrected chi connectivity index (χ2v) is 7.73. The predicted octanol–water partition coefficient (Wildman–Crippen LogP) is 1.76. The van der Waals surface area contributed by atoms with Gasteiger partial charge in [0, 0.05) is 24.4 Å². The third-order valence-corrected chi connectivity index (χ3v) is 4.85. The summed E-state index contributed by atoms with van der Waals surface area (Å²) in [5.74, 6) is 0.163. The SMILES string of the molecule is COCCC12CC(CS(=O)(=O)Cl)(C1)C2. The number of rotatable bonds is 5. The van der Waals surface area contributed by atoms with Gasteiger partial charge in [-0.05, 0) is 36.5 Å². The van der Waals surface area contributed by atoms with Crippen LogP contribution in [0, 0.1) is 10.8 Å². The minimum Gasteiger partial charge on any atom is -0.385 e. The van der Waals surface area contributed by atoms with Crippen LogP contribution >= 0.6 is 10.7 Å². The molecule has 0 aromatic heterocycles. The first kappa shape index (κ1) is 10.7. The van der Waals surface area contributed by atoms with Crippen LogP contribution in [0.1, 0.15) is 25.7 Å². The Kier molecular flexibility index (Phi) is 2.37. The standard InChI is InChI=1S/C9H15ClO3S/c1-13-3-2-8-4-9(5-8,6-8)7-14(10,11)12/h2-7H2,1H3. The van der Waals surface area contributed by atoms with Crippen molar-refractivity contribution in [3.8, 4) is 0 Å². The van der Waals surface area contributed by atoms with Gasteiger partial charge in [0.05, 0.1) is 5.75 Å². The average Bonchev–Trinajstić information content (AvgIpc) is 1.89. The molecule has 0 spiro atoms. The molecule has 2 bridgehead atoms. The zero-order chi connectivity index (χ0) is 10.4. The van der Waals surface area contributed by atoms with Gasteiger partial charge in [-0.25, -0.2) is 8.42 Å². The van der Waals surface area contributed by atoms with Crippen LogP contribution in [0.5, 0.6) is 0 Å². The smallest absolute Gasteiger partial charge is 0.233 e. The van der Waals surface area contributed by atoms with Gasteiger partial charge in [-0.3, -0.25) is 0 Å². The van der Waals surface area contributed by atoms with Gasteiger partial charge in [0.2, 0.25) is 9.05 Å². The van der Waals surface area contributed by atoms with Crippen molar-refractivity contribution < 1.29 is 13.2 Å². The van der Waals surface area contributed by atoms with E-state index >= 15 is 0 Å². The van der Waals surface area contributed by atoms with Crippen molar-refractivity contribution in [1.82, 2.24) is 0 Å². The first-order valence-electron chi connectivity index (χ1n) is 4.80. The van der Waals surface area contributed by atoms with E-state index in [-0.39, 0.29) is 11.2 Å². The van der Waals surface area contributed by atoms with E-state index in [0.29, 0.717) is 5.41 Å². The van der Waals surface area contributed by atoms with E-state index in [9.17, 15) is 8.42 Å². The lowest BCUT2D eigenvalue weighted by molar-refractivity contribution is -0.196. The molecule has 0 aliphatic heterocycles. The minimum absolute atomic E-state index is 0.0360. The quantitative estimate of drug-likeness (QED) is 0.686. The van der Waals surface area contributed by atoms with Crippen molar-refractivity contribution in [2.24, 2.45) is 10.8 Å². The first-order chi connectivity index (χ1) is 6.39. The van der Waals surface area contributed by atoms with Gasteiger partial charge >= 0.3 is 0 Å². The van der Waals surface area contributed by atoms with Crippen LogP contribution in [0.4, 0.5) is 0 Å². The summed E-state index contributed by atoms with van der Waals surface area (Å²) in [5.41, 5.74) is 0.436. The molecule has 3 nitrogen and oxygen atoms in total. The van der Waals surface area contributed by atoms with Crippen LogP contribution in [0.2, 0.25) is 0 Å². The van der Waals surface area contributed by atoms with Crippen LogP contribution in [0.15, 0.2) is 0 Å². The Labute approximate surface area is 89.2 Å². The van der Waals surface area contributed by atoms with Gasteiger partial charge in [0.15, 0.2) is 0 Å². The van der Waals surface area contributed by atoms with Gasteiger partial charge in [0.1, 0.15) is 0 Å². The Hall–Kier alpha value is 0.200. The molecule has 0 N–H and O–H groups in total. The van der Waals surface area contributed by atoms with E-state index in [1.54, 1.807) is 7.11 Å². The summed E-state index contributed by atoms with van der Waals surface area (Å²) in [6.07, 6.45) is 4.13. The Morgan fingerprint density at radius 1 is 1.29 bits per heavy atom. The van der Waals surface area contributed by atoms with Gasteiger partial charge < -0.3 is 4.74 Å². The van der Waals surface area contributed by atoms with Crippen LogP contribution < -0.4 is 0 Å². The highest BCUT2D eigenvalue weighted by Crippen LogP contribution is 2.75. The molecule has 0 atom stereocenters. The molecular formula is C9H15ClO3S. The molecule has 3 aliphatic rings. The van der Waals surface area contributed by atoms with Gasteiger partial charge in [-0.2, -0.15) is 0 Å². The number of methoxy groups -OCH3 is 1. The van der Waals surface area contributed by atoms with Crippen LogP contribution in [-0.4, -0.2) is 27.9 Å². The monoisotopic (exact) mass is 238 g/mol. The van der Waals surface area contributed by atoms with Crippen LogP contribution in [-0.2, 0) is 13.8 Å². The highest BCUT2D eigenvalue weighted by atomic mass is 35.7. The lowest BCUT2D eigenvalue weighted by Crippen LogP contribution is -2.64. The fourth-order valence-corrected chi connectivity index (χ4v) is 5.07. The predicted molar refractivity (Wildman–Crippen MR) is 54.8 cm³/mol. The molecule has 0 aromatic carbocycles. The van der Waals surface area contributed by atoms with Crippen LogP contribution in [0.3, 0.4) is 0 Å². The summed E-state index contributed by atoms with van der Waals surface area (Å²) in [6.45, 7) is 0.781. The third kappa shape index (κ3) is 1.79. The van der Waals surface area contributed by atoms with Crippen molar-refractivity contribution >= 4 is 19.7 Å². The molecule has 14 heavy (non-hydrogen) atoms. The summed E-state index contributed by atoms with van der Waals surface area (Å²) >= 11 is 0. The maximum Gasteiger partial charge on any atom is 0.233 e. The third-order valence-electron chi connectivity index (χ3n) is 3.57. The van der Waals surface area contributed by atoms with Crippen LogP contribution in [0.25, 0.3) is 0 Å². The molecule has 82 valence electrons.